The summed E-state index contributed by atoms with van der Waals surface area (Å²) >= 11 is 6.65. The third-order valence-corrected chi connectivity index (χ3v) is 3.04. The lowest BCUT2D eigenvalue weighted by Crippen LogP contribution is -2.09. The second-order valence-electron chi connectivity index (χ2n) is 3.12. The largest absolute Gasteiger partial charge is 0.489 e. The molecule has 1 aromatic carbocycles. The number of aliphatic hydroxyl groups is 1. The molecule has 94 valence electrons. The maximum atomic E-state index is 10.6. The number of hydrogen-bond acceptors (Lipinski definition) is 4. The van der Waals surface area contributed by atoms with Gasteiger partial charge in [-0.15, -0.1) is 0 Å². The molecule has 17 heavy (non-hydrogen) atoms. The molecule has 0 atom stereocenters. The predicted octanol–water partition coefficient (Wildman–Crippen LogP) is 2.41. The third-order valence-electron chi connectivity index (χ3n) is 1.87. The average molecular weight is 368 g/mol. The summed E-state index contributed by atoms with van der Waals surface area (Å²) in [5, 5.41) is 8.51. The molecule has 0 saturated heterocycles. The molecule has 4 nitrogen and oxygen atoms in total. The minimum atomic E-state index is 0.00141. The topological polar surface area (TPSA) is 55.8 Å². The number of carbonyl (C=O) groups excluding carboxylic acids is 1. The zero-order chi connectivity index (χ0) is 12.7. The number of hydrogen-bond donors (Lipinski definition) is 1. The fourth-order valence-corrected chi connectivity index (χ4v) is 2.61. The summed E-state index contributed by atoms with van der Waals surface area (Å²) in [6, 6.07) is 3.36. The van der Waals surface area contributed by atoms with Gasteiger partial charge in [0.2, 0.25) is 0 Å². The Morgan fingerprint density at radius 1 is 1.18 bits per heavy atom. The van der Waals surface area contributed by atoms with E-state index in [-0.39, 0.29) is 6.61 Å². The van der Waals surface area contributed by atoms with Gasteiger partial charge in [-0.1, -0.05) is 0 Å². The molecule has 0 aliphatic carbocycles. The second kappa shape index (κ2) is 7.81. The first-order valence-corrected chi connectivity index (χ1v) is 6.53. The first kappa shape index (κ1) is 14.6. The Hall–Kier alpha value is -0.430. The number of benzene rings is 1. The lowest BCUT2D eigenvalue weighted by molar-refractivity contribution is 0.0702. The summed E-state index contributed by atoms with van der Waals surface area (Å²) in [6.07, 6.45) is 0.768. The molecule has 0 saturated carbocycles. The van der Waals surface area contributed by atoms with Crippen molar-refractivity contribution in [2.75, 3.05) is 26.4 Å². The monoisotopic (exact) mass is 366 g/mol. The Labute approximate surface area is 116 Å². The summed E-state index contributed by atoms with van der Waals surface area (Å²) in [6.45, 7) is 1.07. The molecule has 0 unspecified atom stereocenters. The zero-order valence-corrected chi connectivity index (χ0v) is 12.2. The molecule has 1 aromatic rings. The van der Waals surface area contributed by atoms with Gasteiger partial charge in [0.15, 0.2) is 0 Å². The molecule has 0 aliphatic rings. The van der Waals surface area contributed by atoms with Crippen molar-refractivity contribution in [2.45, 2.75) is 0 Å². The Kier molecular flexibility index (Phi) is 6.72. The van der Waals surface area contributed by atoms with Crippen LogP contribution in [-0.4, -0.2) is 37.8 Å². The summed E-state index contributed by atoms with van der Waals surface area (Å²) in [5.41, 5.74) is 0.563. The van der Waals surface area contributed by atoms with Crippen molar-refractivity contribution in [3.05, 3.63) is 26.6 Å². The molecular formula is C11H12Br2O4. The molecule has 0 aliphatic heterocycles. The van der Waals surface area contributed by atoms with E-state index < -0.39 is 0 Å². The van der Waals surface area contributed by atoms with E-state index in [9.17, 15) is 4.79 Å². The number of aliphatic hydroxyl groups excluding tert-OH is 1. The van der Waals surface area contributed by atoms with E-state index in [1.165, 1.54) is 0 Å². The van der Waals surface area contributed by atoms with Crippen molar-refractivity contribution >= 4 is 38.1 Å². The van der Waals surface area contributed by atoms with E-state index in [0.29, 0.717) is 40.1 Å². The predicted molar refractivity (Wildman–Crippen MR) is 70.6 cm³/mol. The second-order valence-corrected chi connectivity index (χ2v) is 4.82. The number of ether oxygens (including phenoxy) is 2. The van der Waals surface area contributed by atoms with E-state index in [4.69, 9.17) is 14.6 Å². The minimum Gasteiger partial charge on any atom is -0.489 e. The number of rotatable bonds is 7. The fraction of sp³-hybridized carbons (Fsp3) is 0.364. The molecule has 0 amide bonds. The van der Waals surface area contributed by atoms with E-state index in [0.717, 1.165) is 6.29 Å². The molecule has 1 rings (SSSR count). The molecular weight excluding hydrogens is 356 g/mol. The molecule has 0 radical (unpaired) electrons. The van der Waals surface area contributed by atoms with Gasteiger partial charge in [0.25, 0.3) is 0 Å². The van der Waals surface area contributed by atoms with E-state index in [1.807, 2.05) is 0 Å². The summed E-state index contributed by atoms with van der Waals surface area (Å²) in [4.78, 5) is 10.6. The maximum Gasteiger partial charge on any atom is 0.150 e. The van der Waals surface area contributed by atoms with Crippen LogP contribution in [0.25, 0.3) is 0 Å². The SMILES string of the molecule is O=Cc1cc(Br)c(OCCOCCO)c(Br)c1. The highest BCUT2D eigenvalue weighted by Gasteiger charge is 2.08. The van der Waals surface area contributed by atoms with Crippen LogP contribution in [0.1, 0.15) is 10.4 Å². The molecule has 0 aromatic heterocycles. The lowest BCUT2D eigenvalue weighted by atomic mass is 10.2. The van der Waals surface area contributed by atoms with Crippen molar-refractivity contribution in [3.63, 3.8) is 0 Å². The molecule has 0 fully saturated rings. The smallest absolute Gasteiger partial charge is 0.150 e. The Morgan fingerprint density at radius 3 is 2.35 bits per heavy atom. The van der Waals surface area contributed by atoms with Crippen LogP contribution in [0.5, 0.6) is 5.75 Å². The first-order chi connectivity index (χ1) is 8.19. The van der Waals surface area contributed by atoms with Crippen molar-refractivity contribution in [2.24, 2.45) is 0 Å². The van der Waals surface area contributed by atoms with Crippen molar-refractivity contribution in [1.82, 2.24) is 0 Å². The van der Waals surface area contributed by atoms with Gasteiger partial charge in [-0.3, -0.25) is 4.79 Å². The fourth-order valence-electron chi connectivity index (χ4n) is 1.15. The number of aldehydes is 1. The Balaban J connectivity index is 2.56. The third kappa shape index (κ3) is 4.75. The zero-order valence-electron chi connectivity index (χ0n) is 8.99. The van der Waals surface area contributed by atoms with Crippen LogP contribution >= 0.6 is 31.9 Å². The van der Waals surface area contributed by atoms with Gasteiger partial charge >= 0.3 is 0 Å². The average Bonchev–Trinajstić information content (AvgIpc) is 2.31. The standard InChI is InChI=1S/C11H12Br2O4/c12-9-5-8(7-15)6-10(13)11(9)17-4-3-16-2-1-14/h5-7,14H,1-4H2. The Bertz CT molecular complexity index is 359. The van der Waals surface area contributed by atoms with Gasteiger partial charge in [0.1, 0.15) is 18.6 Å². The number of carbonyl (C=O) groups is 1. The highest BCUT2D eigenvalue weighted by atomic mass is 79.9. The molecule has 6 heteroatoms. The van der Waals surface area contributed by atoms with E-state index in [1.54, 1.807) is 12.1 Å². The minimum absolute atomic E-state index is 0.00141. The van der Waals surface area contributed by atoms with Crippen LogP contribution in [0.15, 0.2) is 21.1 Å². The molecule has 0 spiro atoms. The summed E-state index contributed by atoms with van der Waals surface area (Å²) in [7, 11) is 0. The van der Waals surface area contributed by atoms with Gasteiger partial charge in [-0.25, -0.2) is 0 Å². The molecule has 1 N–H and O–H groups in total. The normalized spacial score (nSPS) is 10.3. The van der Waals surface area contributed by atoms with Crippen LogP contribution in [0.4, 0.5) is 0 Å². The Morgan fingerprint density at radius 2 is 1.82 bits per heavy atom. The van der Waals surface area contributed by atoms with Crippen molar-refractivity contribution in [3.8, 4) is 5.75 Å². The van der Waals surface area contributed by atoms with E-state index >= 15 is 0 Å². The van der Waals surface area contributed by atoms with Gasteiger partial charge in [-0.05, 0) is 44.0 Å². The highest BCUT2D eigenvalue weighted by Crippen LogP contribution is 2.34. The first-order valence-electron chi connectivity index (χ1n) is 4.94. The summed E-state index contributed by atoms with van der Waals surface area (Å²) in [5.74, 6) is 0.628. The molecule has 0 bridgehead atoms. The van der Waals surface area contributed by atoms with Gasteiger partial charge in [0.05, 0.1) is 28.8 Å². The van der Waals surface area contributed by atoms with Crippen molar-refractivity contribution in [1.29, 1.82) is 0 Å². The van der Waals surface area contributed by atoms with Crippen LogP contribution in [-0.2, 0) is 4.74 Å². The lowest BCUT2D eigenvalue weighted by Gasteiger charge is -2.10. The maximum absolute atomic E-state index is 10.6. The highest BCUT2D eigenvalue weighted by molar-refractivity contribution is 9.11. The van der Waals surface area contributed by atoms with Crippen LogP contribution < -0.4 is 4.74 Å². The van der Waals surface area contributed by atoms with E-state index in [2.05, 4.69) is 31.9 Å². The van der Waals surface area contributed by atoms with Gasteiger partial charge < -0.3 is 14.6 Å². The van der Waals surface area contributed by atoms with Crippen LogP contribution in [0, 0.1) is 0 Å². The van der Waals surface area contributed by atoms with Crippen molar-refractivity contribution < 1.29 is 19.4 Å². The van der Waals surface area contributed by atoms with Crippen LogP contribution in [0.2, 0.25) is 0 Å². The van der Waals surface area contributed by atoms with Gasteiger partial charge in [-0.2, -0.15) is 0 Å². The number of halogens is 2. The molecule has 0 heterocycles. The van der Waals surface area contributed by atoms with Crippen LogP contribution in [0.3, 0.4) is 0 Å². The summed E-state index contributed by atoms with van der Waals surface area (Å²) < 4.78 is 12.0. The quantitative estimate of drug-likeness (QED) is 0.594. The van der Waals surface area contributed by atoms with Gasteiger partial charge in [0, 0.05) is 5.56 Å².